The number of phenolic OH excluding ortho intramolecular Hbond substituents is 1. The van der Waals surface area contributed by atoms with E-state index in [0.29, 0.717) is 24.3 Å². The van der Waals surface area contributed by atoms with Gasteiger partial charge in [0, 0.05) is 17.7 Å². The number of ether oxygens (including phenoxy) is 1. The zero-order chi connectivity index (χ0) is 14.3. The first-order chi connectivity index (χ1) is 9.60. The predicted molar refractivity (Wildman–Crippen MR) is 73.0 cm³/mol. The minimum absolute atomic E-state index is 0.110. The van der Waals surface area contributed by atoms with Crippen molar-refractivity contribution in [2.24, 2.45) is 0 Å². The van der Waals surface area contributed by atoms with Gasteiger partial charge in [0.1, 0.15) is 41.4 Å². The Labute approximate surface area is 114 Å². The van der Waals surface area contributed by atoms with Crippen molar-refractivity contribution in [1.82, 2.24) is 0 Å². The highest BCUT2D eigenvalue weighted by Gasteiger charge is 2.19. The zero-order valence-electron chi connectivity index (χ0n) is 11.0. The molecule has 2 heterocycles. The smallest absolute Gasteiger partial charge is 0.196 e. The molecule has 1 aliphatic rings. The Hall–Kier alpha value is -2.27. The lowest BCUT2D eigenvalue weighted by atomic mass is 10.0. The van der Waals surface area contributed by atoms with Crippen molar-refractivity contribution >= 4 is 11.0 Å². The summed E-state index contributed by atoms with van der Waals surface area (Å²) in [5, 5.41) is 19.5. The van der Waals surface area contributed by atoms with Crippen molar-refractivity contribution in [3.8, 4) is 11.5 Å². The van der Waals surface area contributed by atoms with Crippen LogP contribution in [0.3, 0.4) is 0 Å². The van der Waals surface area contributed by atoms with Crippen molar-refractivity contribution in [2.45, 2.75) is 20.0 Å². The number of hydrogen-bond acceptors (Lipinski definition) is 5. The molecular formula is C15H14O5. The van der Waals surface area contributed by atoms with E-state index < -0.39 is 0 Å². The van der Waals surface area contributed by atoms with E-state index in [0.717, 1.165) is 5.57 Å². The van der Waals surface area contributed by atoms with Gasteiger partial charge in [0.15, 0.2) is 5.43 Å². The molecule has 1 aromatic carbocycles. The first kappa shape index (κ1) is 12.7. The number of aromatic hydroxyl groups is 1. The minimum atomic E-state index is -0.374. The second kappa shape index (κ2) is 4.68. The Morgan fingerprint density at radius 2 is 2.15 bits per heavy atom. The molecule has 5 nitrogen and oxygen atoms in total. The molecule has 0 spiro atoms. The van der Waals surface area contributed by atoms with Crippen LogP contribution >= 0.6 is 0 Å². The SMILES string of the molecule is CC1=CCc2c(cc3oc(CO)cc(=O)c3c2O)OC1. The second-order valence-electron chi connectivity index (χ2n) is 4.85. The fraction of sp³-hybridized carbons (Fsp3) is 0.267. The molecule has 0 saturated carbocycles. The predicted octanol–water partition coefficient (Wildman–Crippen LogP) is 1.87. The molecule has 3 rings (SSSR count). The van der Waals surface area contributed by atoms with Crippen molar-refractivity contribution < 1.29 is 19.4 Å². The Kier molecular flexibility index (Phi) is 2.99. The van der Waals surface area contributed by atoms with Crippen LogP contribution < -0.4 is 10.2 Å². The molecule has 0 amide bonds. The molecule has 0 bridgehead atoms. The highest BCUT2D eigenvalue weighted by atomic mass is 16.5. The molecule has 20 heavy (non-hydrogen) atoms. The summed E-state index contributed by atoms with van der Waals surface area (Å²) in [5.74, 6) is 0.549. The molecular weight excluding hydrogens is 260 g/mol. The van der Waals surface area contributed by atoms with Crippen LogP contribution in [0, 0.1) is 0 Å². The van der Waals surface area contributed by atoms with Crippen LogP contribution in [0.2, 0.25) is 0 Å². The van der Waals surface area contributed by atoms with Crippen LogP contribution in [0.25, 0.3) is 11.0 Å². The number of fused-ring (bicyclic) bond motifs is 2. The van der Waals surface area contributed by atoms with Crippen LogP contribution in [-0.4, -0.2) is 16.8 Å². The maximum atomic E-state index is 12.0. The molecule has 0 fully saturated rings. The maximum absolute atomic E-state index is 12.0. The average molecular weight is 274 g/mol. The van der Waals surface area contributed by atoms with Gasteiger partial charge in [-0.1, -0.05) is 6.08 Å². The van der Waals surface area contributed by atoms with Gasteiger partial charge in [-0.25, -0.2) is 0 Å². The summed E-state index contributed by atoms with van der Waals surface area (Å²) in [6.07, 6.45) is 2.46. The lowest BCUT2D eigenvalue weighted by Gasteiger charge is -2.11. The topological polar surface area (TPSA) is 79.9 Å². The van der Waals surface area contributed by atoms with Crippen molar-refractivity contribution in [2.75, 3.05) is 6.61 Å². The molecule has 5 heteroatoms. The van der Waals surface area contributed by atoms with E-state index in [9.17, 15) is 9.90 Å². The third-order valence-electron chi connectivity index (χ3n) is 3.37. The fourth-order valence-corrected chi connectivity index (χ4v) is 2.30. The van der Waals surface area contributed by atoms with Gasteiger partial charge in [0.2, 0.25) is 0 Å². The Balaban J connectivity index is 2.31. The van der Waals surface area contributed by atoms with E-state index in [-0.39, 0.29) is 34.5 Å². The fourth-order valence-electron chi connectivity index (χ4n) is 2.30. The lowest BCUT2D eigenvalue weighted by molar-refractivity contribution is 0.248. The first-order valence-electron chi connectivity index (χ1n) is 6.31. The average Bonchev–Trinajstić information content (AvgIpc) is 2.61. The summed E-state index contributed by atoms with van der Waals surface area (Å²) in [7, 11) is 0. The van der Waals surface area contributed by atoms with Gasteiger partial charge in [0.25, 0.3) is 0 Å². The molecule has 0 aliphatic carbocycles. The van der Waals surface area contributed by atoms with Crippen molar-refractivity contribution in [3.63, 3.8) is 0 Å². The summed E-state index contributed by atoms with van der Waals surface area (Å²) < 4.78 is 11.0. The van der Waals surface area contributed by atoms with E-state index in [2.05, 4.69) is 0 Å². The lowest BCUT2D eigenvalue weighted by Crippen LogP contribution is -2.05. The van der Waals surface area contributed by atoms with Gasteiger partial charge >= 0.3 is 0 Å². The maximum Gasteiger partial charge on any atom is 0.196 e. The van der Waals surface area contributed by atoms with Crippen LogP contribution in [0.4, 0.5) is 0 Å². The summed E-state index contributed by atoms with van der Waals surface area (Å²) in [4.78, 5) is 12.0. The van der Waals surface area contributed by atoms with Gasteiger partial charge in [0.05, 0.1) is 0 Å². The largest absolute Gasteiger partial charge is 0.507 e. The second-order valence-corrected chi connectivity index (χ2v) is 4.85. The summed E-state index contributed by atoms with van der Waals surface area (Å²) in [6, 6.07) is 2.78. The van der Waals surface area contributed by atoms with E-state index >= 15 is 0 Å². The van der Waals surface area contributed by atoms with Crippen LogP contribution in [0.1, 0.15) is 18.2 Å². The van der Waals surface area contributed by atoms with Gasteiger partial charge in [-0.15, -0.1) is 0 Å². The molecule has 104 valence electrons. The molecule has 2 aromatic rings. The number of benzene rings is 1. The number of aliphatic hydroxyl groups is 1. The molecule has 0 unspecified atom stereocenters. The van der Waals surface area contributed by atoms with Crippen molar-refractivity contribution in [1.29, 1.82) is 0 Å². The van der Waals surface area contributed by atoms with Crippen LogP contribution in [-0.2, 0) is 13.0 Å². The number of hydrogen-bond donors (Lipinski definition) is 2. The van der Waals surface area contributed by atoms with Crippen LogP contribution in [0.15, 0.2) is 33.0 Å². The Morgan fingerprint density at radius 3 is 2.90 bits per heavy atom. The Bertz CT molecular complexity index is 770. The number of phenols is 1. The zero-order valence-corrected chi connectivity index (χ0v) is 11.0. The van der Waals surface area contributed by atoms with E-state index in [4.69, 9.17) is 14.3 Å². The van der Waals surface area contributed by atoms with Gasteiger partial charge in [-0.05, 0) is 18.9 Å². The highest BCUT2D eigenvalue weighted by molar-refractivity contribution is 5.87. The molecule has 1 aromatic heterocycles. The number of allylic oxidation sites excluding steroid dienone is 1. The Morgan fingerprint density at radius 1 is 1.35 bits per heavy atom. The molecule has 0 atom stereocenters. The van der Waals surface area contributed by atoms with E-state index in [1.807, 2.05) is 13.0 Å². The number of aliphatic hydroxyl groups excluding tert-OH is 1. The molecule has 0 saturated heterocycles. The quantitative estimate of drug-likeness (QED) is 0.776. The standard InChI is InChI=1S/C15H14O5/c1-8-2-3-10-12(19-7-8)5-13-14(15(10)18)11(17)4-9(6-16)20-13/h2,4-5,16,18H,3,6-7H2,1H3. The summed E-state index contributed by atoms with van der Waals surface area (Å²) >= 11 is 0. The molecule has 1 aliphatic heterocycles. The van der Waals surface area contributed by atoms with Gasteiger partial charge < -0.3 is 19.4 Å². The van der Waals surface area contributed by atoms with Gasteiger partial charge in [-0.2, -0.15) is 0 Å². The first-order valence-corrected chi connectivity index (χ1v) is 6.31. The van der Waals surface area contributed by atoms with Crippen LogP contribution in [0.5, 0.6) is 11.5 Å². The third-order valence-corrected chi connectivity index (χ3v) is 3.37. The summed E-state index contributed by atoms with van der Waals surface area (Å²) in [5.41, 5.74) is 1.48. The van der Waals surface area contributed by atoms with E-state index in [1.165, 1.54) is 6.07 Å². The normalized spacial score (nSPS) is 14.4. The van der Waals surface area contributed by atoms with E-state index in [1.54, 1.807) is 6.07 Å². The third kappa shape index (κ3) is 1.96. The molecule has 2 N–H and O–H groups in total. The monoisotopic (exact) mass is 274 g/mol. The number of rotatable bonds is 1. The van der Waals surface area contributed by atoms with Crippen molar-refractivity contribution in [3.05, 3.63) is 45.3 Å². The molecule has 0 radical (unpaired) electrons. The minimum Gasteiger partial charge on any atom is -0.507 e. The highest BCUT2D eigenvalue weighted by Crippen LogP contribution is 2.37. The summed E-state index contributed by atoms with van der Waals surface area (Å²) in [6.45, 7) is 2.00. The van der Waals surface area contributed by atoms with Gasteiger partial charge in [-0.3, -0.25) is 4.79 Å².